The summed E-state index contributed by atoms with van der Waals surface area (Å²) in [5.41, 5.74) is 2.07. The van der Waals surface area contributed by atoms with E-state index in [0.29, 0.717) is 11.6 Å². The smallest absolute Gasteiger partial charge is 0.130 e. The van der Waals surface area contributed by atoms with E-state index in [1.807, 2.05) is 37.3 Å². The summed E-state index contributed by atoms with van der Waals surface area (Å²) < 4.78 is 5.54. The van der Waals surface area contributed by atoms with Crippen LogP contribution in [0.5, 0.6) is 0 Å². The lowest BCUT2D eigenvalue weighted by Crippen LogP contribution is -2.15. The van der Waals surface area contributed by atoms with Gasteiger partial charge in [0, 0.05) is 30.4 Å². The van der Waals surface area contributed by atoms with Crippen LogP contribution < -0.4 is 5.32 Å². The topological polar surface area (TPSA) is 47.0 Å². The summed E-state index contributed by atoms with van der Waals surface area (Å²) in [5.74, 6) is 1.59. The molecule has 0 aliphatic rings. The molecule has 0 fully saturated rings. The molecule has 112 valence electrons. The fourth-order valence-electron chi connectivity index (χ4n) is 2.14. The Balaban J connectivity index is 2.08. The lowest BCUT2D eigenvalue weighted by atomic mass is 10.1. The highest BCUT2D eigenvalue weighted by Gasteiger charge is 2.11. The molecule has 4 nitrogen and oxygen atoms in total. The Morgan fingerprint density at radius 1 is 1.29 bits per heavy atom. The zero-order valence-electron chi connectivity index (χ0n) is 12.6. The minimum absolute atomic E-state index is 0.0796. The number of rotatable bonds is 6. The van der Waals surface area contributed by atoms with Gasteiger partial charge in [-0.1, -0.05) is 30.7 Å². The molecule has 0 spiro atoms. The van der Waals surface area contributed by atoms with Gasteiger partial charge in [-0.3, -0.25) is 0 Å². The Bertz CT molecular complexity index is 604. The first-order chi connectivity index (χ1) is 10.1. The third-order valence-electron chi connectivity index (χ3n) is 3.23. The molecule has 5 heteroatoms. The minimum Gasteiger partial charge on any atom is -0.375 e. The highest BCUT2D eigenvalue weighted by Crippen LogP contribution is 2.21. The second-order valence-corrected chi connectivity index (χ2v) is 5.24. The van der Waals surface area contributed by atoms with Crippen LogP contribution >= 0.6 is 11.6 Å². The maximum Gasteiger partial charge on any atom is 0.130 e. The number of hydrogen-bond acceptors (Lipinski definition) is 4. The highest BCUT2D eigenvalue weighted by molar-refractivity contribution is 6.30. The molecular formula is C16H20ClN3O. The van der Waals surface area contributed by atoms with Crippen LogP contribution in [0.1, 0.15) is 30.1 Å². The van der Waals surface area contributed by atoms with E-state index in [1.165, 1.54) is 0 Å². The Kier molecular flexibility index (Phi) is 5.53. The number of methoxy groups -OCH3 is 1. The minimum atomic E-state index is -0.0796. The van der Waals surface area contributed by atoms with E-state index in [0.717, 1.165) is 29.3 Å². The summed E-state index contributed by atoms with van der Waals surface area (Å²) >= 11 is 6.03. The molecule has 0 bridgehead atoms. The van der Waals surface area contributed by atoms with Gasteiger partial charge in [-0.05, 0) is 31.0 Å². The van der Waals surface area contributed by atoms with E-state index in [2.05, 4.69) is 22.2 Å². The number of ether oxygens (including phenoxy) is 1. The van der Waals surface area contributed by atoms with Gasteiger partial charge in [-0.15, -0.1) is 0 Å². The second kappa shape index (κ2) is 7.38. The van der Waals surface area contributed by atoms with Crippen molar-refractivity contribution in [2.24, 2.45) is 0 Å². The van der Waals surface area contributed by atoms with Crippen LogP contribution in [0.2, 0.25) is 5.02 Å². The van der Waals surface area contributed by atoms with Gasteiger partial charge in [0.2, 0.25) is 0 Å². The zero-order valence-corrected chi connectivity index (χ0v) is 13.3. The van der Waals surface area contributed by atoms with Crippen LogP contribution in [0.15, 0.2) is 30.3 Å². The van der Waals surface area contributed by atoms with Crippen molar-refractivity contribution >= 4 is 17.4 Å². The molecule has 0 radical (unpaired) electrons. The number of anilines is 1. The molecule has 0 aliphatic heterocycles. The maximum atomic E-state index is 6.03. The Morgan fingerprint density at radius 2 is 2.10 bits per heavy atom. The molecule has 0 saturated heterocycles. The first kappa shape index (κ1) is 15.7. The standard InChI is InChI=1S/C16H20ClN3O/c1-4-14-9-16(20-11(2)19-14)18-10-15(21-3)12-6-5-7-13(17)8-12/h5-9,15H,4,10H2,1-3H3,(H,18,19,20). The predicted octanol–water partition coefficient (Wildman–Crippen LogP) is 3.80. The van der Waals surface area contributed by atoms with Crippen molar-refractivity contribution in [2.75, 3.05) is 19.0 Å². The van der Waals surface area contributed by atoms with Crippen molar-refractivity contribution in [3.8, 4) is 0 Å². The van der Waals surface area contributed by atoms with Crippen LogP contribution in [0, 0.1) is 6.92 Å². The summed E-state index contributed by atoms with van der Waals surface area (Å²) in [7, 11) is 1.69. The van der Waals surface area contributed by atoms with Crippen molar-refractivity contribution in [2.45, 2.75) is 26.4 Å². The van der Waals surface area contributed by atoms with E-state index in [9.17, 15) is 0 Å². The zero-order chi connectivity index (χ0) is 15.2. The number of aryl methyl sites for hydroxylation is 2. The maximum absolute atomic E-state index is 6.03. The van der Waals surface area contributed by atoms with E-state index in [1.54, 1.807) is 7.11 Å². The molecule has 0 saturated carbocycles. The number of aromatic nitrogens is 2. The van der Waals surface area contributed by atoms with Crippen LogP contribution in [-0.2, 0) is 11.2 Å². The van der Waals surface area contributed by atoms with Crippen molar-refractivity contribution in [1.82, 2.24) is 9.97 Å². The van der Waals surface area contributed by atoms with Gasteiger partial charge in [0.25, 0.3) is 0 Å². The first-order valence-electron chi connectivity index (χ1n) is 6.99. The normalized spacial score (nSPS) is 12.2. The largest absolute Gasteiger partial charge is 0.375 e. The lowest BCUT2D eigenvalue weighted by Gasteiger charge is -2.17. The van der Waals surface area contributed by atoms with E-state index in [4.69, 9.17) is 16.3 Å². The van der Waals surface area contributed by atoms with Crippen LogP contribution in [-0.4, -0.2) is 23.6 Å². The Labute approximate surface area is 130 Å². The number of benzene rings is 1. The second-order valence-electron chi connectivity index (χ2n) is 4.81. The fourth-order valence-corrected chi connectivity index (χ4v) is 2.34. The molecule has 1 N–H and O–H groups in total. The van der Waals surface area contributed by atoms with Gasteiger partial charge in [0.15, 0.2) is 0 Å². The average molecular weight is 306 g/mol. The molecule has 2 rings (SSSR count). The highest BCUT2D eigenvalue weighted by atomic mass is 35.5. The van der Waals surface area contributed by atoms with E-state index in [-0.39, 0.29) is 6.10 Å². The third kappa shape index (κ3) is 4.41. The monoisotopic (exact) mass is 305 g/mol. The molecule has 0 aliphatic carbocycles. The fraction of sp³-hybridized carbons (Fsp3) is 0.375. The summed E-state index contributed by atoms with van der Waals surface area (Å²) in [6.45, 7) is 4.60. The summed E-state index contributed by atoms with van der Waals surface area (Å²) in [6.07, 6.45) is 0.809. The van der Waals surface area contributed by atoms with Gasteiger partial charge in [-0.25, -0.2) is 9.97 Å². The van der Waals surface area contributed by atoms with Crippen LogP contribution in [0.4, 0.5) is 5.82 Å². The Morgan fingerprint density at radius 3 is 2.76 bits per heavy atom. The van der Waals surface area contributed by atoms with Gasteiger partial charge in [0.05, 0.1) is 6.10 Å². The Hall–Kier alpha value is -1.65. The lowest BCUT2D eigenvalue weighted by molar-refractivity contribution is 0.114. The van der Waals surface area contributed by atoms with Crippen molar-refractivity contribution in [3.05, 3.63) is 52.4 Å². The number of nitrogens with zero attached hydrogens (tertiary/aromatic N) is 2. The molecule has 1 aromatic carbocycles. The van der Waals surface area contributed by atoms with Crippen molar-refractivity contribution < 1.29 is 4.74 Å². The van der Waals surface area contributed by atoms with E-state index < -0.39 is 0 Å². The van der Waals surface area contributed by atoms with Crippen LogP contribution in [0.3, 0.4) is 0 Å². The quantitative estimate of drug-likeness (QED) is 0.882. The molecule has 1 atom stereocenters. The SMILES string of the molecule is CCc1cc(NCC(OC)c2cccc(Cl)c2)nc(C)n1. The van der Waals surface area contributed by atoms with Crippen molar-refractivity contribution in [1.29, 1.82) is 0 Å². The third-order valence-corrected chi connectivity index (χ3v) is 3.46. The molecule has 1 aromatic heterocycles. The molecular weight excluding hydrogens is 286 g/mol. The summed E-state index contributed by atoms with van der Waals surface area (Å²) in [5, 5.41) is 4.02. The molecule has 21 heavy (non-hydrogen) atoms. The number of nitrogens with one attached hydrogen (secondary N) is 1. The molecule has 1 unspecified atom stereocenters. The van der Waals surface area contributed by atoms with Gasteiger partial charge < -0.3 is 10.1 Å². The number of hydrogen-bond donors (Lipinski definition) is 1. The van der Waals surface area contributed by atoms with Crippen molar-refractivity contribution in [3.63, 3.8) is 0 Å². The average Bonchev–Trinajstić information content (AvgIpc) is 2.47. The summed E-state index contributed by atoms with van der Waals surface area (Å²) in [6, 6.07) is 9.67. The number of halogens is 1. The molecule has 1 heterocycles. The summed E-state index contributed by atoms with van der Waals surface area (Å²) in [4.78, 5) is 8.76. The first-order valence-corrected chi connectivity index (χ1v) is 7.37. The van der Waals surface area contributed by atoms with Gasteiger partial charge >= 0.3 is 0 Å². The molecule has 2 aromatic rings. The van der Waals surface area contributed by atoms with E-state index >= 15 is 0 Å². The molecule has 0 amide bonds. The van der Waals surface area contributed by atoms with Gasteiger partial charge in [0.1, 0.15) is 11.6 Å². The van der Waals surface area contributed by atoms with Gasteiger partial charge in [-0.2, -0.15) is 0 Å². The van der Waals surface area contributed by atoms with Crippen LogP contribution in [0.25, 0.3) is 0 Å². The predicted molar refractivity (Wildman–Crippen MR) is 85.8 cm³/mol.